The number of carboxylic acids is 1. The van der Waals surface area contributed by atoms with Crippen LogP contribution in [-0.4, -0.2) is 26.1 Å². The third-order valence-electron chi connectivity index (χ3n) is 1.07. The van der Waals surface area contributed by atoms with E-state index in [1.165, 1.54) is 12.3 Å². The molecule has 0 aliphatic heterocycles. The monoisotopic (exact) mass is 163 g/mol. The number of nitriles is 2. The summed E-state index contributed by atoms with van der Waals surface area (Å²) in [6.07, 6.45) is 1.48. The van der Waals surface area contributed by atoms with Crippen molar-refractivity contribution in [1.29, 1.82) is 10.5 Å². The van der Waals surface area contributed by atoms with Crippen molar-refractivity contribution in [3.63, 3.8) is 0 Å². The molecule has 0 radical (unpaired) electrons. The van der Waals surface area contributed by atoms with Gasteiger partial charge in [-0.1, -0.05) is 5.21 Å². The fourth-order valence-corrected chi connectivity index (χ4v) is 0.596. The molecule has 1 rings (SSSR count). The van der Waals surface area contributed by atoms with E-state index in [1.54, 1.807) is 0 Å². The second-order valence-electron chi connectivity index (χ2n) is 1.72. The Hall–Kier alpha value is -2.41. The summed E-state index contributed by atoms with van der Waals surface area (Å²) in [4.78, 5) is 10.3. The van der Waals surface area contributed by atoms with Crippen molar-refractivity contribution in [1.82, 2.24) is 15.0 Å². The third-order valence-corrected chi connectivity index (χ3v) is 1.07. The van der Waals surface area contributed by atoms with Gasteiger partial charge in [-0.3, -0.25) is 0 Å². The first-order valence-corrected chi connectivity index (χ1v) is 2.70. The van der Waals surface area contributed by atoms with Gasteiger partial charge < -0.3 is 5.11 Å². The van der Waals surface area contributed by atoms with Gasteiger partial charge >= 0.3 is 5.97 Å². The van der Waals surface area contributed by atoms with Crippen molar-refractivity contribution < 1.29 is 9.90 Å². The predicted molar refractivity (Wildman–Crippen MR) is 32.7 cm³/mol. The Labute approximate surface area is 66.1 Å². The van der Waals surface area contributed by atoms with E-state index in [-0.39, 0.29) is 5.69 Å². The molecule has 1 aromatic heterocycles. The van der Waals surface area contributed by atoms with Crippen LogP contribution in [-0.2, 0) is 0 Å². The summed E-state index contributed by atoms with van der Waals surface area (Å²) < 4.78 is 0.545. The molecular weight excluding hydrogens is 162 g/mol. The number of carboxylic acid groups (broad SMARTS) is 1. The fourth-order valence-electron chi connectivity index (χ4n) is 0.596. The van der Waals surface area contributed by atoms with E-state index in [2.05, 4.69) is 10.3 Å². The van der Waals surface area contributed by atoms with Gasteiger partial charge in [-0.2, -0.15) is 10.5 Å². The Morgan fingerprint density at radius 2 is 2.25 bits per heavy atom. The summed E-state index contributed by atoms with van der Waals surface area (Å²) >= 11 is 0. The molecule has 0 atom stereocenters. The minimum Gasteiger partial charge on any atom is -0.476 e. The highest BCUT2D eigenvalue weighted by molar-refractivity contribution is 5.87. The maximum Gasteiger partial charge on any atom is 0.359 e. The average molecular weight is 163 g/mol. The first-order chi connectivity index (χ1) is 5.70. The van der Waals surface area contributed by atoms with E-state index in [1.807, 2.05) is 0 Å². The lowest BCUT2D eigenvalue weighted by molar-refractivity contribution is 0.0690. The van der Waals surface area contributed by atoms with Crippen molar-refractivity contribution in [3.8, 4) is 12.3 Å². The second-order valence-corrected chi connectivity index (χ2v) is 1.72. The van der Waals surface area contributed by atoms with Crippen LogP contribution in [0.5, 0.6) is 0 Å². The lowest BCUT2D eigenvalue weighted by Crippen LogP contribution is -2.01. The van der Waals surface area contributed by atoms with Gasteiger partial charge in [0.25, 0.3) is 0 Å². The molecule has 58 valence electrons. The highest BCUT2D eigenvalue weighted by Crippen LogP contribution is 2.01. The summed E-state index contributed by atoms with van der Waals surface area (Å²) in [5, 5.41) is 31.4. The minimum absolute atomic E-state index is 0.370. The highest BCUT2D eigenvalue weighted by atomic mass is 16.4. The molecule has 0 aliphatic rings. The molecule has 0 saturated carbocycles. The van der Waals surface area contributed by atoms with Gasteiger partial charge in [0.15, 0.2) is 5.69 Å². The van der Waals surface area contributed by atoms with Crippen LogP contribution in [0, 0.1) is 22.8 Å². The molecule has 0 bridgehead atoms. The maximum absolute atomic E-state index is 10.3. The van der Waals surface area contributed by atoms with Gasteiger partial charge in [0.1, 0.15) is 6.07 Å². The van der Waals surface area contributed by atoms with Crippen LogP contribution in [0.1, 0.15) is 16.2 Å². The number of hydrogen-bond acceptors (Lipinski definition) is 5. The van der Waals surface area contributed by atoms with Crippen LogP contribution >= 0.6 is 0 Å². The molecule has 0 spiro atoms. The summed E-state index contributed by atoms with van der Waals surface area (Å²) in [7, 11) is 0. The first kappa shape index (κ1) is 7.69. The van der Waals surface area contributed by atoms with Crippen LogP contribution in [0.15, 0.2) is 0 Å². The van der Waals surface area contributed by atoms with Crippen LogP contribution in [0.2, 0.25) is 0 Å². The lowest BCUT2D eigenvalue weighted by Gasteiger charge is -1.84. The fraction of sp³-hybridized carbons (Fsp3) is 0. The molecule has 7 heteroatoms. The summed E-state index contributed by atoms with van der Waals surface area (Å²) in [5.74, 6) is -1.38. The zero-order valence-electron chi connectivity index (χ0n) is 5.59. The normalized spacial score (nSPS) is 8.50. The van der Waals surface area contributed by atoms with Crippen molar-refractivity contribution in [2.45, 2.75) is 0 Å². The smallest absolute Gasteiger partial charge is 0.359 e. The van der Waals surface area contributed by atoms with Gasteiger partial charge in [0.2, 0.25) is 11.9 Å². The topological polar surface area (TPSA) is 116 Å². The third kappa shape index (κ3) is 0.954. The van der Waals surface area contributed by atoms with Gasteiger partial charge in [-0.05, 0) is 0 Å². The van der Waals surface area contributed by atoms with E-state index in [9.17, 15) is 4.79 Å². The Kier molecular flexibility index (Phi) is 1.72. The average Bonchev–Trinajstić information content (AvgIpc) is 2.46. The minimum atomic E-state index is -1.38. The lowest BCUT2D eigenvalue weighted by atomic mass is 10.3. The zero-order valence-corrected chi connectivity index (χ0v) is 5.59. The second kappa shape index (κ2) is 2.68. The van der Waals surface area contributed by atoms with Gasteiger partial charge in [-0.15, -0.1) is 9.78 Å². The molecular formula is C5HN5O2. The van der Waals surface area contributed by atoms with Crippen molar-refractivity contribution in [2.75, 3.05) is 0 Å². The number of rotatable bonds is 1. The molecule has 0 saturated heterocycles. The zero-order chi connectivity index (χ0) is 9.14. The summed E-state index contributed by atoms with van der Waals surface area (Å²) in [6.45, 7) is 0. The quantitative estimate of drug-likeness (QED) is 0.577. The number of hydrogen-bond donors (Lipinski definition) is 1. The maximum atomic E-state index is 10.3. The Bertz CT molecular complexity index is 406. The van der Waals surface area contributed by atoms with E-state index >= 15 is 0 Å². The van der Waals surface area contributed by atoms with Crippen LogP contribution in [0.4, 0.5) is 0 Å². The molecule has 1 heterocycles. The number of nitrogens with zero attached hydrogens (tertiary/aromatic N) is 5. The van der Waals surface area contributed by atoms with Gasteiger partial charge in [-0.25, -0.2) is 4.79 Å². The summed E-state index contributed by atoms with van der Waals surface area (Å²) in [6, 6.07) is 1.51. The summed E-state index contributed by atoms with van der Waals surface area (Å²) in [5.41, 5.74) is -0.885. The van der Waals surface area contributed by atoms with Crippen molar-refractivity contribution in [3.05, 3.63) is 11.4 Å². The number of aromatic carboxylic acids is 1. The molecule has 0 amide bonds. The Morgan fingerprint density at radius 3 is 2.67 bits per heavy atom. The first-order valence-electron chi connectivity index (χ1n) is 2.70. The Morgan fingerprint density at radius 1 is 1.58 bits per heavy atom. The van der Waals surface area contributed by atoms with E-state index in [0.717, 1.165) is 0 Å². The molecule has 1 aromatic rings. The number of aromatic nitrogens is 3. The molecule has 0 unspecified atom stereocenters. The van der Waals surface area contributed by atoms with Gasteiger partial charge in [0.05, 0.1) is 0 Å². The SMILES string of the molecule is N#Cc1c(C(=O)O)nnn1C#N. The highest BCUT2D eigenvalue weighted by Gasteiger charge is 2.18. The molecule has 0 aliphatic carbocycles. The van der Waals surface area contributed by atoms with Crippen LogP contribution in [0.25, 0.3) is 0 Å². The van der Waals surface area contributed by atoms with Crippen LogP contribution < -0.4 is 0 Å². The standard InChI is InChI=1S/C5HN5O2/c6-1-3-4(5(11)12)8-9-10(3)2-7/h(H,11,12). The van der Waals surface area contributed by atoms with E-state index < -0.39 is 11.7 Å². The van der Waals surface area contributed by atoms with E-state index in [4.69, 9.17) is 15.6 Å². The van der Waals surface area contributed by atoms with E-state index in [0.29, 0.717) is 4.68 Å². The molecule has 0 fully saturated rings. The number of carbonyl (C=O) groups is 1. The van der Waals surface area contributed by atoms with Crippen molar-refractivity contribution >= 4 is 5.97 Å². The Balaban J connectivity index is 3.38. The van der Waals surface area contributed by atoms with Gasteiger partial charge in [0, 0.05) is 0 Å². The molecule has 7 nitrogen and oxygen atoms in total. The largest absolute Gasteiger partial charge is 0.476 e. The van der Waals surface area contributed by atoms with Crippen molar-refractivity contribution in [2.24, 2.45) is 0 Å². The molecule has 0 aromatic carbocycles. The molecule has 1 N–H and O–H groups in total. The van der Waals surface area contributed by atoms with Crippen LogP contribution in [0.3, 0.4) is 0 Å². The predicted octanol–water partition coefficient (Wildman–Crippen LogP) is -0.823. The molecule has 12 heavy (non-hydrogen) atoms.